The molecular weight excluding hydrogens is 324 g/mol. The third kappa shape index (κ3) is 3.03. The highest BCUT2D eigenvalue weighted by atomic mass is 35.5. The first kappa shape index (κ1) is 14.7. The van der Waals surface area contributed by atoms with Crippen molar-refractivity contribution in [3.05, 3.63) is 45.4 Å². The Hall–Kier alpha value is -2.18. The van der Waals surface area contributed by atoms with E-state index in [1.807, 2.05) is 0 Å². The zero-order valence-electron chi connectivity index (χ0n) is 11.6. The number of rotatable bonds is 3. The van der Waals surface area contributed by atoms with E-state index in [0.717, 1.165) is 5.56 Å². The van der Waals surface area contributed by atoms with E-state index in [1.165, 1.54) is 18.3 Å². The Kier molecular flexibility index (Phi) is 3.96. The van der Waals surface area contributed by atoms with Gasteiger partial charge in [-0.15, -0.1) is 11.3 Å². The highest BCUT2D eigenvalue weighted by molar-refractivity contribution is 7.14. The van der Waals surface area contributed by atoms with E-state index >= 15 is 0 Å². The number of benzene rings is 1. The highest BCUT2D eigenvalue weighted by Crippen LogP contribution is 2.29. The first-order valence-electron chi connectivity index (χ1n) is 6.43. The Labute approximate surface area is 135 Å². The molecule has 22 heavy (non-hydrogen) atoms. The number of ketones is 1. The predicted molar refractivity (Wildman–Crippen MR) is 85.7 cm³/mol. The lowest BCUT2D eigenvalue weighted by Gasteiger charge is -2.17. The standard InChI is InChI=1S/C15H11ClN2O3S/c1-8(19)12-7-22-15(17-12)18-14(20)10-4-9-5-11(16)2-3-13(9)21-6-10/h2-5,7H,6H2,1H3,(H,17,18,20). The number of carbonyl (C=O) groups is 2. The summed E-state index contributed by atoms with van der Waals surface area (Å²) in [4.78, 5) is 27.5. The second-order valence-corrected chi connectivity index (χ2v) is 5.98. The molecule has 0 radical (unpaired) electrons. The second-order valence-electron chi connectivity index (χ2n) is 4.69. The summed E-state index contributed by atoms with van der Waals surface area (Å²) in [5.41, 5.74) is 1.56. The van der Waals surface area contributed by atoms with E-state index in [-0.39, 0.29) is 18.3 Å². The van der Waals surface area contributed by atoms with Gasteiger partial charge in [-0.2, -0.15) is 0 Å². The number of hydrogen-bond donors (Lipinski definition) is 1. The largest absolute Gasteiger partial charge is 0.488 e. The number of nitrogens with zero attached hydrogens (tertiary/aromatic N) is 1. The van der Waals surface area contributed by atoms with Gasteiger partial charge < -0.3 is 4.74 Å². The minimum Gasteiger partial charge on any atom is -0.488 e. The van der Waals surface area contributed by atoms with Gasteiger partial charge in [0.1, 0.15) is 18.1 Å². The molecule has 2 aromatic rings. The fourth-order valence-electron chi connectivity index (χ4n) is 1.95. The van der Waals surface area contributed by atoms with Crippen molar-refractivity contribution < 1.29 is 14.3 Å². The third-order valence-electron chi connectivity index (χ3n) is 3.06. The fourth-order valence-corrected chi connectivity index (χ4v) is 2.87. The lowest BCUT2D eigenvalue weighted by Crippen LogP contribution is -2.21. The van der Waals surface area contributed by atoms with Gasteiger partial charge >= 0.3 is 0 Å². The number of hydrogen-bond acceptors (Lipinski definition) is 5. The van der Waals surface area contributed by atoms with Gasteiger partial charge in [0.25, 0.3) is 5.91 Å². The monoisotopic (exact) mass is 334 g/mol. The van der Waals surface area contributed by atoms with Gasteiger partial charge in [0.05, 0.1) is 5.57 Å². The van der Waals surface area contributed by atoms with Crippen LogP contribution in [0.4, 0.5) is 5.13 Å². The average molecular weight is 335 g/mol. The van der Waals surface area contributed by atoms with Gasteiger partial charge in [-0.1, -0.05) is 11.6 Å². The molecule has 0 saturated heterocycles. The zero-order valence-corrected chi connectivity index (χ0v) is 13.1. The van der Waals surface area contributed by atoms with E-state index in [2.05, 4.69) is 10.3 Å². The molecule has 0 aliphatic carbocycles. The molecule has 0 bridgehead atoms. The van der Waals surface area contributed by atoms with Crippen molar-refractivity contribution >= 4 is 45.8 Å². The number of anilines is 1. The van der Waals surface area contributed by atoms with Crippen LogP contribution < -0.4 is 10.1 Å². The highest BCUT2D eigenvalue weighted by Gasteiger charge is 2.18. The number of ether oxygens (including phenoxy) is 1. The minimum absolute atomic E-state index is 0.138. The van der Waals surface area contributed by atoms with Gasteiger partial charge in [-0.3, -0.25) is 14.9 Å². The Bertz CT molecular complexity index is 798. The molecular formula is C15H11ClN2O3S. The molecule has 0 spiro atoms. The first-order chi connectivity index (χ1) is 10.5. The molecule has 1 aromatic carbocycles. The molecule has 0 unspecified atom stereocenters. The number of fused-ring (bicyclic) bond motifs is 1. The normalized spacial score (nSPS) is 12.9. The Balaban J connectivity index is 1.79. The molecule has 5 nitrogen and oxygen atoms in total. The lowest BCUT2D eigenvalue weighted by atomic mass is 10.1. The average Bonchev–Trinajstić information content (AvgIpc) is 2.95. The maximum atomic E-state index is 12.2. The molecule has 1 aliphatic rings. The number of Topliss-reactive ketones (excluding diaryl/α,β-unsaturated/α-hetero) is 1. The van der Waals surface area contributed by atoms with Crippen molar-refractivity contribution in [2.24, 2.45) is 0 Å². The van der Waals surface area contributed by atoms with Gasteiger partial charge in [0.15, 0.2) is 10.9 Å². The predicted octanol–water partition coefficient (Wildman–Crippen LogP) is 3.41. The number of carbonyl (C=O) groups excluding carboxylic acids is 2. The van der Waals surface area contributed by atoms with E-state index in [1.54, 1.807) is 29.7 Å². The summed E-state index contributed by atoms with van der Waals surface area (Å²) in [5.74, 6) is 0.240. The summed E-state index contributed by atoms with van der Waals surface area (Å²) in [6.07, 6.45) is 1.74. The summed E-state index contributed by atoms with van der Waals surface area (Å²) >= 11 is 7.15. The molecule has 0 saturated carbocycles. The van der Waals surface area contributed by atoms with Crippen molar-refractivity contribution in [1.29, 1.82) is 0 Å². The van der Waals surface area contributed by atoms with Crippen LogP contribution in [0, 0.1) is 0 Å². The fraction of sp³-hybridized carbons (Fsp3) is 0.133. The van der Waals surface area contributed by atoms with Gasteiger partial charge in [-0.25, -0.2) is 4.98 Å². The van der Waals surface area contributed by atoms with E-state index < -0.39 is 0 Å². The van der Waals surface area contributed by atoms with Gasteiger partial charge in [0.2, 0.25) is 0 Å². The number of nitrogens with one attached hydrogen (secondary N) is 1. The summed E-state index contributed by atoms with van der Waals surface area (Å²) in [6, 6.07) is 5.24. The molecule has 7 heteroatoms. The molecule has 2 heterocycles. The second kappa shape index (κ2) is 5.90. The molecule has 3 rings (SSSR count). The van der Waals surface area contributed by atoms with Crippen LogP contribution in [0.25, 0.3) is 6.08 Å². The van der Waals surface area contributed by atoms with E-state index in [0.29, 0.717) is 27.2 Å². The van der Waals surface area contributed by atoms with Crippen LogP contribution in [0.1, 0.15) is 23.0 Å². The van der Waals surface area contributed by atoms with E-state index in [9.17, 15) is 9.59 Å². The summed E-state index contributed by atoms with van der Waals surface area (Å²) in [7, 11) is 0. The molecule has 1 amide bonds. The number of halogens is 1. The maximum Gasteiger partial charge on any atom is 0.256 e. The summed E-state index contributed by atoms with van der Waals surface area (Å²) < 4.78 is 5.53. The Morgan fingerprint density at radius 2 is 2.23 bits per heavy atom. The van der Waals surface area contributed by atoms with Crippen LogP contribution in [0.3, 0.4) is 0 Å². The molecule has 1 aliphatic heterocycles. The first-order valence-corrected chi connectivity index (χ1v) is 7.69. The third-order valence-corrected chi connectivity index (χ3v) is 4.05. The molecule has 112 valence electrons. The van der Waals surface area contributed by atoms with Gasteiger partial charge in [-0.05, 0) is 24.3 Å². The van der Waals surface area contributed by atoms with Crippen LogP contribution in [0.5, 0.6) is 5.75 Å². The van der Waals surface area contributed by atoms with Crippen molar-refractivity contribution in [2.75, 3.05) is 11.9 Å². The van der Waals surface area contributed by atoms with Crippen molar-refractivity contribution in [3.8, 4) is 5.75 Å². The summed E-state index contributed by atoms with van der Waals surface area (Å²) in [5, 5.41) is 5.23. The van der Waals surface area contributed by atoms with Crippen molar-refractivity contribution in [2.45, 2.75) is 6.92 Å². The summed E-state index contributed by atoms with van der Waals surface area (Å²) in [6.45, 7) is 1.60. The number of aromatic nitrogens is 1. The molecule has 0 atom stereocenters. The number of amides is 1. The van der Waals surface area contributed by atoms with Crippen LogP contribution in [0.2, 0.25) is 5.02 Å². The Morgan fingerprint density at radius 1 is 1.41 bits per heavy atom. The van der Waals surface area contributed by atoms with Crippen LogP contribution in [-0.2, 0) is 4.79 Å². The Morgan fingerprint density at radius 3 is 2.95 bits per heavy atom. The quantitative estimate of drug-likeness (QED) is 0.873. The molecule has 1 aromatic heterocycles. The van der Waals surface area contributed by atoms with Crippen LogP contribution >= 0.6 is 22.9 Å². The topological polar surface area (TPSA) is 68.3 Å². The zero-order chi connectivity index (χ0) is 15.7. The minimum atomic E-state index is -0.310. The van der Waals surface area contributed by atoms with Gasteiger partial charge in [0, 0.05) is 22.9 Å². The maximum absolute atomic E-state index is 12.2. The SMILES string of the molecule is CC(=O)c1csc(NC(=O)C2=Cc3cc(Cl)ccc3OC2)n1. The lowest BCUT2D eigenvalue weighted by molar-refractivity contribution is -0.113. The smallest absolute Gasteiger partial charge is 0.256 e. The number of thiazole rings is 1. The van der Waals surface area contributed by atoms with Crippen LogP contribution in [-0.4, -0.2) is 23.3 Å². The van der Waals surface area contributed by atoms with E-state index in [4.69, 9.17) is 16.3 Å². The van der Waals surface area contributed by atoms with Crippen LogP contribution in [0.15, 0.2) is 29.2 Å². The molecule has 1 N–H and O–H groups in total. The van der Waals surface area contributed by atoms with Crippen molar-refractivity contribution in [1.82, 2.24) is 4.98 Å². The molecule has 0 fully saturated rings. The van der Waals surface area contributed by atoms with Crippen molar-refractivity contribution in [3.63, 3.8) is 0 Å².